The number of nitriles is 1. The van der Waals surface area contributed by atoms with Crippen LogP contribution in [0.15, 0.2) is 53.1 Å². The highest BCUT2D eigenvalue weighted by molar-refractivity contribution is 5.92. The van der Waals surface area contributed by atoms with Crippen LogP contribution in [-0.4, -0.2) is 11.6 Å². The number of nitrogens with two attached hydrogens (primary N) is 1. The van der Waals surface area contributed by atoms with Gasteiger partial charge in [-0.1, -0.05) is 30.3 Å². The van der Waals surface area contributed by atoms with Crippen molar-refractivity contribution in [3.05, 3.63) is 58.7 Å². The lowest BCUT2D eigenvalue weighted by atomic mass is 9.83. The smallest absolute Gasteiger partial charge is 0.338 e. The molecular weight excluding hydrogens is 292 g/mol. The van der Waals surface area contributed by atoms with Crippen LogP contribution < -0.4 is 5.73 Å². The van der Waals surface area contributed by atoms with Crippen LogP contribution in [0, 0.1) is 11.3 Å². The number of rotatable bonds is 2. The number of hydrogen-bond donors (Lipinski definition) is 1. The first-order valence-corrected chi connectivity index (χ1v) is 7.31. The van der Waals surface area contributed by atoms with Gasteiger partial charge in [-0.2, -0.15) is 5.26 Å². The standard InChI is InChI=1S/C18H20N2O3/c1-11-14(17(21)23-18(2,3)4)15(12-8-6-5-7-9-12)13(10-19)16(20)22-11/h5-9,15H,20H2,1-4H3/t15-/m1/s1. The Bertz CT molecular complexity index is 719. The fraction of sp³-hybridized carbons (Fsp3) is 0.333. The Kier molecular flexibility index (Phi) is 4.46. The molecule has 0 bridgehead atoms. The number of carbonyl (C=O) groups excluding carboxylic acids is 1. The fourth-order valence-corrected chi connectivity index (χ4v) is 2.46. The predicted octanol–water partition coefficient (Wildman–Crippen LogP) is 3.11. The molecule has 1 aliphatic heterocycles. The zero-order valence-electron chi connectivity index (χ0n) is 13.7. The Balaban J connectivity index is 2.55. The van der Waals surface area contributed by atoms with E-state index in [2.05, 4.69) is 6.07 Å². The highest BCUT2D eigenvalue weighted by atomic mass is 16.6. The van der Waals surface area contributed by atoms with E-state index in [9.17, 15) is 10.1 Å². The second-order valence-corrected chi connectivity index (χ2v) is 6.31. The molecule has 0 spiro atoms. The van der Waals surface area contributed by atoms with E-state index in [4.69, 9.17) is 15.2 Å². The summed E-state index contributed by atoms with van der Waals surface area (Å²) in [4.78, 5) is 12.6. The summed E-state index contributed by atoms with van der Waals surface area (Å²) in [7, 11) is 0. The third-order valence-electron chi connectivity index (χ3n) is 3.36. The summed E-state index contributed by atoms with van der Waals surface area (Å²) in [6.45, 7) is 7.02. The number of nitrogens with zero attached hydrogens (tertiary/aromatic N) is 1. The van der Waals surface area contributed by atoms with Gasteiger partial charge in [-0.15, -0.1) is 0 Å². The minimum Gasteiger partial charge on any atom is -0.456 e. The van der Waals surface area contributed by atoms with Gasteiger partial charge in [-0.05, 0) is 33.3 Å². The van der Waals surface area contributed by atoms with Crippen LogP contribution in [0.5, 0.6) is 0 Å². The SMILES string of the molecule is CC1=C(C(=O)OC(C)(C)C)[C@H](c2ccccc2)C(C#N)=C(N)O1. The van der Waals surface area contributed by atoms with Gasteiger partial charge in [0.2, 0.25) is 5.88 Å². The molecule has 23 heavy (non-hydrogen) atoms. The quantitative estimate of drug-likeness (QED) is 0.848. The van der Waals surface area contributed by atoms with E-state index in [0.717, 1.165) is 5.56 Å². The largest absolute Gasteiger partial charge is 0.456 e. The molecule has 120 valence electrons. The van der Waals surface area contributed by atoms with Crippen LogP contribution in [0.4, 0.5) is 0 Å². The summed E-state index contributed by atoms with van der Waals surface area (Å²) in [5, 5.41) is 9.47. The number of carbonyl (C=O) groups is 1. The molecule has 5 nitrogen and oxygen atoms in total. The van der Waals surface area contributed by atoms with Crippen molar-refractivity contribution in [1.82, 2.24) is 0 Å². The number of allylic oxidation sites excluding steroid dienone is 2. The van der Waals surface area contributed by atoms with E-state index >= 15 is 0 Å². The van der Waals surface area contributed by atoms with Gasteiger partial charge in [0.25, 0.3) is 0 Å². The van der Waals surface area contributed by atoms with Crippen molar-refractivity contribution in [3.63, 3.8) is 0 Å². The van der Waals surface area contributed by atoms with Gasteiger partial charge in [0.1, 0.15) is 23.0 Å². The minimum atomic E-state index is -0.648. The molecule has 0 unspecified atom stereocenters. The van der Waals surface area contributed by atoms with Crippen molar-refractivity contribution in [2.24, 2.45) is 5.73 Å². The molecule has 0 fully saturated rings. The van der Waals surface area contributed by atoms with Gasteiger partial charge in [0.15, 0.2) is 0 Å². The Morgan fingerprint density at radius 3 is 2.43 bits per heavy atom. The lowest BCUT2D eigenvalue weighted by Gasteiger charge is -2.29. The molecular formula is C18H20N2O3. The van der Waals surface area contributed by atoms with Crippen molar-refractivity contribution < 1.29 is 14.3 Å². The van der Waals surface area contributed by atoms with Gasteiger partial charge in [-0.25, -0.2) is 4.79 Å². The molecule has 0 aliphatic carbocycles. The normalized spacial score (nSPS) is 18.3. The highest BCUT2D eigenvalue weighted by Crippen LogP contribution is 2.39. The second kappa shape index (κ2) is 6.17. The highest BCUT2D eigenvalue weighted by Gasteiger charge is 2.37. The molecule has 1 heterocycles. The van der Waals surface area contributed by atoms with E-state index < -0.39 is 17.5 Å². The molecule has 0 amide bonds. The summed E-state index contributed by atoms with van der Waals surface area (Å²) < 4.78 is 10.9. The summed E-state index contributed by atoms with van der Waals surface area (Å²) in [5.41, 5.74) is 6.50. The summed E-state index contributed by atoms with van der Waals surface area (Å²) in [6, 6.07) is 11.3. The van der Waals surface area contributed by atoms with Crippen LogP contribution in [0.25, 0.3) is 0 Å². The van der Waals surface area contributed by atoms with Crippen LogP contribution in [-0.2, 0) is 14.3 Å². The van der Waals surface area contributed by atoms with Crippen molar-refractivity contribution in [2.75, 3.05) is 0 Å². The maximum Gasteiger partial charge on any atom is 0.338 e. The first-order valence-electron chi connectivity index (χ1n) is 7.31. The van der Waals surface area contributed by atoms with Gasteiger partial charge in [-0.3, -0.25) is 0 Å². The zero-order chi connectivity index (χ0) is 17.2. The number of benzene rings is 1. The second-order valence-electron chi connectivity index (χ2n) is 6.31. The number of ether oxygens (including phenoxy) is 2. The van der Waals surface area contributed by atoms with Crippen LogP contribution >= 0.6 is 0 Å². The fourth-order valence-electron chi connectivity index (χ4n) is 2.46. The van der Waals surface area contributed by atoms with Gasteiger partial charge < -0.3 is 15.2 Å². The number of esters is 1. The Hall–Kier alpha value is -2.74. The van der Waals surface area contributed by atoms with Crippen LogP contribution in [0.3, 0.4) is 0 Å². The lowest BCUT2D eigenvalue weighted by Crippen LogP contribution is -2.30. The van der Waals surface area contributed by atoms with E-state index in [-0.39, 0.29) is 11.5 Å². The molecule has 1 aliphatic rings. The van der Waals surface area contributed by atoms with E-state index in [1.165, 1.54) is 0 Å². The minimum absolute atomic E-state index is 0.0196. The van der Waals surface area contributed by atoms with E-state index in [1.807, 2.05) is 30.3 Å². The Morgan fingerprint density at radius 2 is 1.91 bits per heavy atom. The zero-order valence-corrected chi connectivity index (χ0v) is 13.7. The third-order valence-corrected chi connectivity index (χ3v) is 3.36. The van der Waals surface area contributed by atoms with E-state index in [1.54, 1.807) is 27.7 Å². The predicted molar refractivity (Wildman–Crippen MR) is 85.6 cm³/mol. The topological polar surface area (TPSA) is 85.3 Å². The Labute approximate surface area is 136 Å². The van der Waals surface area contributed by atoms with E-state index in [0.29, 0.717) is 11.3 Å². The lowest BCUT2D eigenvalue weighted by molar-refractivity contribution is -0.150. The summed E-state index contributed by atoms with van der Waals surface area (Å²) >= 11 is 0. The van der Waals surface area contributed by atoms with Gasteiger partial charge in [0, 0.05) is 0 Å². The maximum atomic E-state index is 12.6. The molecule has 2 N–H and O–H groups in total. The van der Waals surface area contributed by atoms with Crippen molar-refractivity contribution in [1.29, 1.82) is 5.26 Å². The van der Waals surface area contributed by atoms with Crippen molar-refractivity contribution >= 4 is 5.97 Å². The molecule has 1 aromatic rings. The molecule has 5 heteroatoms. The van der Waals surface area contributed by atoms with Crippen molar-refractivity contribution in [2.45, 2.75) is 39.2 Å². The van der Waals surface area contributed by atoms with Crippen LogP contribution in [0.2, 0.25) is 0 Å². The molecule has 1 atom stereocenters. The van der Waals surface area contributed by atoms with Gasteiger partial charge in [0.05, 0.1) is 11.5 Å². The molecule has 1 aromatic carbocycles. The van der Waals surface area contributed by atoms with Crippen molar-refractivity contribution in [3.8, 4) is 6.07 Å². The average molecular weight is 312 g/mol. The summed E-state index contributed by atoms with van der Waals surface area (Å²) in [6.07, 6.45) is 0. The van der Waals surface area contributed by atoms with Crippen LogP contribution in [0.1, 0.15) is 39.2 Å². The molecule has 0 radical (unpaired) electrons. The monoisotopic (exact) mass is 312 g/mol. The first-order chi connectivity index (χ1) is 10.7. The molecule has 0 aromatic heterocycles. The maximum absolute atomic E-state index is 12.6. The first kappa shape index (κ1) is 16.6. The Morgan fingerprint density at radius 1 is 1.30 bits per heavy atom. The van der Waals surface area contributed by atoms with Gasteiger partial charge >= 0.3 is 5.97 Å². The number of hydrogen-bond acceptors (Lipinski definition) is 5. The molecule has 2 rings (SSSR count). The molecule has 0 saturated heterocycles. The summed E-state index contributed by atoms with van der Waals surface area (Å²) in [5.74, 6) is -0.732. The molecule has 0 saturated carbocycles. The third kappa shape index (κ3) is 3.54. The average Bonchev–Trinajstić information content (AvgIpc) is 2.45.